The monoisotopic (exact) mass is 359 g/mol. The molecule has 0 heterocycles. The Balaban J connectivity index is 3.22. The minimum Gasteiger partial charge on any atom is -0.496 e. The molecule has 0 aliphatic carbocycles. The fourth-order valence-corrected chi connectivity index (χ4v) is 3.45. The fraction of sp³-hybridized carbons (Fsp3) is 0.467. The molecule has 0 aliphatic rings. The number of sulfonamides is 1. The highest BCUT2D eigenvalue weighted by molar-refractivity contribution is 7.89. The van der Waals surface area contributed by atoms with Gasteiger partial charge in [0.15, 0.2) is 0 Å². The minimum atomic E-state index is -4.12. The molecule has 3 N–H and O–H groups in total. The summed E-state index contributed by atoms with van der Waals surface area (Å²) in [6.45, 7) is 3.39. The molecule has 1 aromatic carbocycles. The molecule has 0 aliphatic heterocycles. The van der Waals surface area contributed by atoms with Gasteiger partial charge in [-0.1, -0.05) is 20.3 Å². The van der Waals surface area contributed by atoms with Crippen LogP contribution in [0, 0.1) is 5.92 Å². The Hall–Kier alpha value is -2.13. The topological polar surface area (TPSA) is 130 Å². The first-order valence-electron chi connectivity index (χ1n) is 7.26. The molecule has 0 fully saturated rings. The van der Waals surface area contributed by atoms with Gasteiger partial charge in [-0.05, 0) is 24.1 Å². The van der Waals surface area contributed by atoms with Crippen LogP contribution in [0.5, 0.6) is 5.75 Å². The van der Waals surface area contributed by atoms with Crippen molar-refractivity contribution in [2.75, 3.05) is 7.11 Å². The molecule has 9 heteroatoms. The molecule has 2 atom stereocenters. The van der Waals surface area contributed by atoms with Gasteiger partial charge in [-0.3, -0.25) is 9.59 Å². The molecule has 0 amide bonds. The van der Waals surface area contributed by atoms with Gasteiger partial charge < -0.3 is 14.9 Å². The average molecular weight is 359 g/mol. The molecule has 0 bridgehead atoms. The number of aliphatic carboxylic acids is 2. The van der Waals surface area contributed by atoms with Crippen LogP contribution in [0.1, 0.15) is 25.8 Å². The zero-order chi connectivity index (χ0) is 18.5. The Morgan fingerprint density at radius 3 is 2.38 bits per heavy atom. The molecular weight excluding hydrogens is 338 g/mol. The third-order valence-electron chi connectivity index (χ3n) is 3.67. The SMILES string of the molecule is CC[C@H](C)[C@H](NS(=O)(=O)c1ccc(OC)c(CC(=O)O)c1)C(=O)O. The summed E-state index contributed by atoms with van der Waals surface area (Å²) in [6, 6.07) is 2.48. The second-order valence-electron chi connectivity index (χ2n) is 5.37. The average Bonchev–Trinajstić information content (AvgIpc) is 2.51. The van der Waals surface area contributed by atoms with Gasteiger partial charge in [0.25, 0.3) is 0 Å². The molecule has 134 valence electrons. The van der Waals surface area contributed by atoms with Gasteiger partial charge in [0, 0.05) is 5.56 Å². The predicted octanol–water partition coefficient (Wildman–Crippen LogP) is 1.10. The number of carbonyl (C=O) groups is 2. The number of hydrogen-bond acceptors (Lipinski definition) is 5. The first kappa shape index (κ1) is 19.9. The van der Waals surface area contributed by atoms with E-state index < -0.39 is 40.3 Å². The second kappa shape index (κ2) is 8.11. The van der Waals surface area contributed by atoms with Crippen LogP contribution in [-0.2, 0) is 26.0 Å². The van der Waals surface area contributed by atoms with Crippen molar-refractivity contribution >= 4 is 22.0 Å². The van der Waals surface area contributed by atoms with Gasteiger partial charge in [0.1, 0.15) is 11.8 Å². The number of hydrogen-bond donors (Lipinski definition) is 3. The number of carboxylic acids is 2. The maximum atomic E-state index is 12.4. The van der Waals surface area contributed by atoms with E-state index in [0.717, 1.165) is 0 Å². The summed E-state index contributed by atoms with van der Waals surface area (Å²) in [6.07, 6.45) is 0.0621. The number of ether oxygens (including phenoxy) is 1. The van der Waals surface area contributed by atoms with Gasteiger partial charge in [0.05, 0.1) is 18.4 Å². The lowest BCUT2D eigenvalue weighted by molar-refractivity contribution is -0.140. The number of methoxy groups -OCH3 is 1. The molecular formula is C15H21NO7S. The van der Waals surface area contributed by atoms with Crippen molar-refractivity contribution in [3.8, 4) is 5.75 Å². The van der Waals surface area contributed by atoms with Crippen LogP contribution in [0.15, 0.2) is 23.1 Å². The molecule has 8 nitrogen and oxygen atoms in total. The molecule has 0 unspecified atom stereocenters. The summed E-state index contributed by atoms with van der Waals surface area (Å²) in [5.41, 5.74) is 0.184. The van der Waals surface area contributed by atoms with E-state index >= 15 is 0 Å². The highest BCUT2D eigenvalue weighted by Crippen LogP contribution is 2.23. The van der Waals surface area contributed by atoms with Gasteiger partial charge >= 0.3 is 11.9 Å². The zero-order valence-electron chi connectivity index (χ0n) is 13.6. The minimum absolute atomic E-state index is 0.184. The van der Waals surface area contributed by atoms with Crippen LogP contribution in [0.4, 0.5) is 0 Å². The Labute approximate surface area is 140 Å². The van der Waals surface area contributed by atoms with E-state index in [1.165, 1.54) is 25.3 Å². The third kappa shape index (κ3) is 4.93. The van der Waals surface area contributed by atoms with Crippen molar-refractivity contribution in [2.24, 2.45) is 5.92 Å². The first-order chi connectivity index (χ1) is 11.1. The molecule has 0 aromatic heterocycles. The van der Waals surface area contributed by atoms with E-state index in [4.69, 9.17) is 9.84 Å². The smallest absolute Gasteiger partial charge is 0.322 e. The number of rotatable bonds is 9. The van der Waals surface area contributed by atoms with E-state index in [1.807, 2.05) is 0 Å². The Morgan fingerprint density at radius 2 is 1.92 bits per heavy atom. The Kier molecular flexibility index (Phi) is 6.73. The van der Waals surface area contributed by atoms with Crippen molar-refractivity contribution in [1.29, 1.82) is 0 Å². The van der Waals surface area contributed by atoms with Crippen LogP contribution in [-0.4, -0.2) is 43.7 Å². The number of benzene rings is 1. The maximum Gasteiger partial charge on any atom is 0.322 e. The molecule has 0 radical (unpaired) electrons. The predicted molar refractivity (Wildman–Crippen MR) is 85.5 cm³/mol. The van der Waals surface area contributed by atoms with Crippen LogP contribution < -0.4 is 9.46 Å². The lowest BCUT2D eigenvalue weighted by atomic mass is 10.0. The van der Waals surface area contributed by atoms with Gasteiger partial charge in [-0.2, -0.15) is 4.72 Å². The summed E-state index contributed by atoms with van der Waals surface area (Å²) in [5.74, 6) is -2.58. The van der Waals surface area contributed by atoms with Crippen molar-refractivity contribution < 1.29 is 33.0 Å². The quantitative estimate of drug-likeness (QED) is 0.602. The van der Waals surface area contributed by atoms with Crippen molar-refractivity contribution in [2.45, 2.75) is 37.6 Å². The summed E-state index contributed by atoms with van der Waals surface area (Å²) >= 11 is 0. The Bertz CT molecular complexity index is 715. The highest BCUT2D eigenvalue weighted by atomic mass is 32.2. The van der Waals surface area contributed by atoms with Crippen LogP contribution in [0.25, 0.3) is 0 Å². The van der Waals surface area contributed by atoms with E-state index in [0.29, 0.717) is 6.42 Å². The standard InChI is InChI=1S/C15H21NO7S/c1-4-9(2)14(15(19)20)16-24(21,22)11-5-6-12(23-3)10(7-11)8-13(17)18/h5-7,9,14,16H,4,8H2,1-3H3,(H,17,18)(H,19,20)/t9-,14-/m0/s1. The number of carboxylic acid groups (broad SMARTS) is 2. The van der Waals surface area contributed by atoms with Crippen molar-refractivity contribution in [1.82, 2.24) is 4.72 Å². The van der Waals surface area contributed by atoms with Crippen LogP contribution in [0.3, 0.4) is 0 Å². The number of nitrogens with one attached hydrogen (secondary N) is 1. The lowest BCUT2D eigenvalue weighted by Gasteiger charge is -2.20. The highest BCUT2D eigenvalue weighted by Gasteiger charge is 2.29. The van der Waals surface area contributed by atoms with Gasteiger partial charge in [-0.25, -0.2) is 8.42 Å². The summed E-state index contributed by atoms with van der Waals surface area (Å²) in [4.78, 5) is 22.0. The maximum absolute atomic E-state index is 12.4. The first-order valence-corrected chi connectivity index (χ1v) is 8.74. The molecule has 0 saturated carbocycles. The zero-order valence-corrected chi connectivity index (χ0v) is 14.5. The van der Waals surface area contributed by atoms with Crippen molar-refractivity contribution in [3.63, 3.8) is 0 Å². The van der Waals surface area contributed by atoms with Crippen LogP contribution in [0.2, 0.25) is 0 Å². The lowest BCUT2D eigenvalue weighted by Crippen LogP contribution is -2.44. The summed E-state index contributed by atoms with van der Waals surface area (Å²) in [5, 5.41) is 18.1. The second-order valence-corrected chi connectivity index (χ2v) is 7.08. The van der Waals surface area contributed by atoms with E-state index in [9.17, 15) is 23.1 Å². The van der Waals surface area contributed by atoms with Gasteiger partial charge in [-0.15, -0.1) is 0 Å². The van der Waals surface area contributed by atoms with Crippen LogP contribution >= 0.6 is 0 Å². The largest absolute Gasteiger partial charge is 0.496 e. The van der Waals surface area contributed by atoms with Gasteiger partial charge in [0.2, 0.25) is 10.0 Å². The molecule has 1 aromatic rings. The Morgan fingerprint density at radius 1 is 1.29 bits per heavy atom. The molecule has 1 rings (SSSR count). The third-order valence-corrected chi connectivity index (χ3v) is 5.10. The molecule has 0 saturated heterocycles. The summed E-state index contributed by atoms with van der Waals surface area (Å²) in [7, 11) is -2.78. The van der Waals surface area contributed by atoms with E-state index in [2.05, 4.69) is 4.72 Å². The molecule has 0 spiro atoms. The normalized spacial score (nSPS) is 14.0. The van der Waals surface area contributed by atoms with Crippen molar-refractivity contribution in [3.05, 3.63) is 23.8 Å². The summed E-state index contributed by atoms with van der Waals surface area (Å²) < 4.78 is 32.1. The fourth-order valence-electron chi connectivity index (χ4n) is 2.10. The van der Waals surface area contributed by atoms with E-state index in [-0.39, 0.29) is 16.2 Å². The van der Waals surface area contributed by atoms with E-state index in [1.54, 1.807) is 13.8 Å². The molecule has 24 heavy (non-hydrogen) atoms.